The number of pyridine rings is 1. The van der Waals surface area contributed by atoms with Gasteiger partial charge in [-0.3, -0.25) is 9.78 Å². The number of alkyl halides is 1. The fourth-order valence-electron chi connectivity index (χ4n) is 4.29. The third-order valence-electron chi connectivity index (χ3n) is 6.56. The van der Waals surface area contributed by atoms with Gasteiger partial charge in [0, 0.05) is 31.5 Å². The SMILES string of the molecule is CC(C)(O)C(F)CNC(=O)c1cnc(-c2cnn3cc(C#N)cnc23)cc1NC1CCN(c2ncc(F)cn2)C1. The van der Waals surface area contributed by atoms with Gasteiger partial charge in [-0.25, -0.2) is 28.2 Å². The molecule has 2 atom stereocenters. The number of amides is 1. The second-order valence-corrected chi connectivity index (χ2v) is 10.0. The summed E-state index contributed by atoms with van der Waals surface area (Å²) in [6.07, 6.45) is 7.15. The first-order valence-corrected chi connectivity index (χ1v) is 12.5. The number of carbonyl (C=O) groups excluding carboxylic acids is 1. The average molecular weight is 549 g/mol. The molecule has 1 fully saturated rings. The lowest BCUT2D eigenvalue weighted by Gasteiger charge is -2.23. The van der Waals surface area contributed by atoms with Crippen LogP contribution in [-0.4, -0.2) is 78.0 Å². The van der Waals surface area contributed by atoms with Crippen molar-refractivity contribution in [3.63, 3.8) is 0 Å². The Morgan fingerprint density at radius 3 is 2.73 bits per heavy atom. The number of aliphatic hydroxyl groups is 1. The van der Waals surface area contributed by atoms with Crippen LogP contribution in [0.4, 0.5) is 20.4 Å². The number of anilines is 2. The Kier molecular flexibility index (Phi) is 7.22. The Bertz CT molecular complexity index is 1580. The fourth-order valence-corrected chi connectivity index (χ4v) is 4.29. The van der Waals surface area contributed by atoms with Gasteiger partial charge in [-0.05, 0) is 26.3 Å². The van der Waals surface area contributed by atoms with Crippen LogP contribution in [0.3, 0.4) is 0 Å². The van der Waals surface area contributed by atoms with E-state index < -0.39 is 23.5 Å². The van der Waals surface area contributed by atoms with E-state index in [-0.39, 0.29) is 18.2 Å². The summed E-state index contributed by atoms with van der Waals surface area (Å²) in [5.74, 6) is -0.695. The molecule has 2 unspecified atom stereocenters. The monoisotopic (exact) mass is 548 g/mol. The van der Waals surface area contributed by atoms with Crippen molar-refractivity contribution < 1.29 is 18.7 Å². The van der Waals surface area contributed by atoms with Crippen molar-refractivity contribution in [1.29, 1.82) is 5.26 Å². The zero-order valence-corrected chi connectivity index (χ0v) is 21.7. The number of fused-ring (bicyclic) bond motifs is 1. The Labute approximate surface area is 227 Å². The summed E-state index contributed by atoms with van der Waals surface area (Å²) in [6, 6.07) is 3.58. The Balaban J connectivity index is 1.43. The number of nitrogens with zero attached hydrogens (tertiary/aromatic N) is 8. The maximum atomic E-state index is 14.3. The van der Waals surface area contributed by atoms with E-state index in [4.69, 9.17) is 5.26 Å². The van der Waals surface area contributed by atoms with Crippen molar-refractivity contribution in [2.45, 2.75) is 38.1 Å². The lowest BCUT2D eigenvalue weighted by atomic mass is 10.0. The molecule has 4 aromatic heterocycles. The van der Waals surface area contributed by atoms with Crippen LogP contribution >= 0.6 is 0 Å². The van der Waals surface area contributed by atoms with Gasteiger partial charge in [0.05, 0.1) is 65.0 Å². The van der Waals surface area contributed by atoms with Gasteiger partial charge in [-0.2, -0.15) is 10.4 Å². The van der Waals surface area contributed by atoms with Gasteiger partial charge in [-0.1, -0.05) is 0 Å². The fraction of sp³-hybridized carbons (Fsp3) is 0.346. The first-order valence-electron chi connectivity index (χ1n) is 12.5. The molecule has 0 radical (unpaired) electrons. The first kappa shape index (κ1) is 26.8. The van der Waals surface area contributed by atoms with E-state index in [1.807, 2.05) is 11.0 Å². The minimum Gasteiger partial charge on any atom is -0.387 e. The Morgan fingerprint density at radius 2 is 2.00 bits per heavy atom. The molecule has 5 heterocycles. The number of nitrogens with one attached hydrogen (secondary N) is 2. The molecule has 1 amide bonds. The Hall–Kier alpha value is -4.77. The zero-order valence-electron chi connectivity index (χ0n) is 21.7. The predicted octanol–water partition coefficient (Wildman–Crippen LogP) is 2.12. The van der Waals surface area contributed by atoms with Crippen molar-refractivity contribution in [2.75, 3.05) is 29.9 Å². The third kappa shape index (κ3) is 5.64. The summed E-state index contributed by atoms with van der Waals surface area (Å²) in [4.78, 5) is 31.9. The number of halogens is 2. The Morgan fingerprint density at radius 1 is 1.23 bits per heavy atom. The van der Waals surface area contributed by atoms with E-state index in [1.165, 1.54) is 30.8 Å². The molecular weight excluding hydrogens is 522 g/mol. The molecule has 4 aromatic rings. The lowest BCUT2D eigenvalue weighted by Crippen LogP contribution is -2.42. The predicted molar refractivity (Wildman–Crippen MR) is 141 cm³/mol. The number of aromatic nitrogens is 6. The topological polar surface area (TPSA) is 157 Å². The van der Waals surface area contributed by atoms with E-state index in [2.05, 4.69) is 35.7 Å². The summed E-state index contributed by atoms with van der Waals surface area (Å²) < 4.78 is 29.1. The summed E-state index contributed by atoms with van der Waals surface area (Å²) in [5.41, 5.74) is 0.883. The molecule has 1 saturated heterocycles. The summed E-state index contributed by atoms with van der Waals surface area (Å²) in [5, 5.41) is 29.2. The van der Waals surface area contributed by atoms with E-state index >= 15 is 0 Å². The van der Waals surface area contributed by atoms with Gasteiger partial charge in [0.1, 0.15) is 12.2 Å². The van der Waals surface area contributed by atoms with Crippen molar-refractivity contribution in [3.05, 3.63) is 60.2 Å². The number of rotatable bonds is 8. The van der Waals surface area contributed by atoms with E-state index in [0.29, 0.717) is 53.6 Å². The number of nitriles is 1. The highest BCUT2D eigenvalue weighted by Crippen LogP contribution is 2.28. The van der Waals surface area contributed by atoms with Crippen LogP contribution in [0.25, 0.3) is 16.9 Å². The van der Waals surface area contributed by atoms with E-state index in [0.717, 1.165) is 12.4 Å². The highest BCUT2D eigenvalue weighted by atomic mass is 19.1. The molecule has 5 rings (SSSR count). The average Bonchev–Trinajstić information content (AvgIpc) is 3.58. The standard InChI is InChI=1S/C26H26F2N10O2/c1-26(2,40)22(28)12-32-24(39)19-10-30-20(18-11-35-38-13-15(6-29)7-31-23(18)38)5-21(19)36-17-3-4-37(14-17)25-33-8-16(27)9-34-25/h5,7-11,13,17,22,40H,3-4,12,14H2,1-2H3,(H,30,36)(H,32,39). The van der Waals surface area contributed by atoms with Crippen molar-refractivity contribution in [1.82, 2.24) is 34.9 Å². The molecule has 0 spiro atoms. The molecule has 0 saturated carbocycles. The molecule has 40 heavy (non-hydrogen) atoms. The van der Waals surface area contributed by atoms with Crippen LogP contribution in [0, 0.1) is 17.1 Å². The van der Waals surface area contributed by atoms with E-state index in [1.54, 1.807) is 18.5 Å². The highest BCUT2D eigenvalue weighted by Gasteiger charge is 2.29. The largest absolute Gasteiger partial charge is 0.387 e. The highest BCUT2D eigenvalue weighted by molar-refractivity contribution is 6.00. The van der Waals surface area contributed by atoms with Crippen LogP contribution in [0.15, 0.2) is 43.2 Å². The molecular formula is C26H26F2N10O2. The minimum absolute atomic E-state index is 0.124. The number of hydrogen-bond acceptors (Lipinski definition) is 10. The van der Waals surface area contributed by atoms with Crippen LogP contribution in [-0.2, 0) is 0 Å². The molecule has 1 aliphatic rings. The molecule has 0 bridgehead atoms. The molecule has 206 valence electrons. The van der Waals surface area contributed by atoms with Crippen LogP contribution < -0.4 is 15.5 Å². The van der Waals surface area contributed by atoms with Crippen molar-refractivity contribution in [2.24, 2.45) is 0 Å². The second kappa shape index (κ2) is 10.8. The van der Waals surface area contributed by atoms with Gasteiger partial charge in [0.2, 0.25) is 5.95 Å². The summed E-state index contributed by atoms with van der Waals surface area (Å²) >= 11 is 0. The van der Waals surface area contributed by atoms with Crippen molar-refractivity contribution >= 4 is 23.2 Å². The van der Waals surface area contributed by atoms with Gasteiger partial charge >= 0.3 is 0 Å². The summed E-state index contributed by atoms with van der Waals surface area (Å²) in [6.45, 7) is 3.37. The lowest BCUT2D eigenvalue weighted by molar-refractivity contribution is -0.00177. The maximum absolute atomic E-state index is 14.3. The van der Waals surface area contributed by atoms with Gasteiger partial charge in [0.15, 0.2) is 11.5 Å². The normalized spacial score (nSPS) is 16.1. The molecule has 0 aromatic carbocycles. The van der Waals surface area contributed by atoms with Crippen LogP contribution in [0.2, 0.25) is 0 Å². The smallest absolute Gasteiger partial charge is 0.255 e. The second-order valence-electron chi connectivity index (χ2n) is 10.0. The third-order valence-corrected chi connectivity index (χ3v) is 6.56. The molecule has 0 aliphatic carbocycles. The molecule has 14 heteroatoms. The van der Waals surface area contributed by atoms with Crippen LogP contribution in [0.5, 0.6) is 0 Å². The zero-order chi connectivity index (χ0) is 28.4. The van der Waals surface area contributed by atoms with Gasteiger partial charge in [-0.15, -0.1) is 0 Å². The van der Waals surface area contributed by atoms with E-state index in [9.17, 15) is 18.7 Å². The van der Waals surface area contributed by atoms with Gasteiger partial charge in [0.25, 0.3) is 5.91 Å². The molecule has 1 aliphatic heterocycles. The number of hydrogen-bond donors (Lipinski definition) is 3. The maximum Gasteiger partial charge on any atom is 0.255 e. The number of carbonyl (C=O) groups is 1. The first-order chi connectivity index (χ1) is 19.1. The van der Waals surface area contributed by atoms with Gasteiger partial charge < -0.3 is 20.6 Å². The van der Waals surface area contributed by atoms with Crippen LogP contribution in [0.1, 0.15) is 36.2 Å². The minimum atomic E-state index is -1.68. The quantitative estimate of drug-likeness (QED) is 0.298. The van der Waals surface area contributed by atoms with Crippen molar-refractivity contribution in [3.8, 4) is 17.3 Å². The molecule has 3 N–H and O–H groups in total. The summed E-state index contributed by atoms with van der Waals surface area (Å²) in [7, 11) is 0. The molecule has 12 nitrogen and oxygen atoms in total.